The van der Waals surface area contributed by atoms with Crippen molar-refractivity contribution >= 4 is 12.0 Å². The zero-order valence-electron chi connectivity index (χ0n) is 20.5. The van der Waals surface area contributed by atoms with Gasteiger partial charge < -0.3 is 69.3 Å². The molecule has 0 spiro atoms. The van der Waals surface area contributed by atoms with E-state index in [0.717, 1.165) is 6.08 Å². The molecule has 2 heterocycles. The second-order valence-electron chi connectivity index (χ2n) is 8.61. The Morgan fingerprint density at radius 1 is 0.974 bits per heavy atom. The van der Waals surface area contributed by atoms with Crippen molar-refractivity contribution in [2.24, 2.45) is 0 Å². The maximum absolute atomic E-state index is 12.3. The number of methoxy groups -OCH3 is 2. The lowest BCUT2D eigenvalue weighted by molar-refractivity contribution is -0.383. The van der Waals surface area contributed by atoms with E-state index in [-0.39, 0.29) is 17.2 Å². The number of esters is 1. The molecule has 2 fully saturated rings. The molecule has 3 rings (SSSR count). The molecule has 0 saturated carbocycles. The second kappa shape index (κ2) is 12.5. The van der Waals surface area contributed by atoms with E-state index in [1.54, 1.807) is 0 Å². The lowest BCUT2D eigenvalue weighted by Crippen LogP contribution is -2.62. The molecule has 8 unspecified atom stereocenters. The number of benzene rings is 1. The SMILES string of the molecule is COc1cc(/C=C/C(=O)OCC2OC(O[C@]3(CO)OC(CO)C(O)C3O)C(O)C(O)C2O)cc(OC)c1O. The van der Waals surface area contributed by atoms with Gasteiger partial charge in [0.15, 0.2) is 17.8 Å². The van der Waals surface area contributed by atoms with Crippen LogP contribution in [0.1, 0.15) is 5.56 Å². The number of ether oxygens (including phenoxy) is 6. The highest BCUT2D eigenvalue weighted by Gasteiger charge is 2.58. The number of rotatable bonds is 10. The molecule has 214 valence electrons. The van der Waals surface area contributed by atoms with Crippen molar-refractivity contribution in [2.75, 3.05) is 34.0 Å². The molecule has 1 aromatic rings. The Bertz CT molecular complexity index is 961. The van der Waals surface area contributed by atoms with Crippen molar-refractivity contribution in [2.45, 2.75) is 54.8 Å². The van der Waals surface area contributed by atoms with Gasteiger partial charge in [-0.3, -0.25) is 0 Å². The van der Waals surface area contributed by atoms with E-state index in [1.807, 2.05) is 0 Å². The summed E-state index contributed by atoms with van der Waals surface area (Å²) in [6.07, 6.45) is -11.2. The summed E-state index contributed by atoms with van der Waals surface area (Å²) in [6, 6.07) is 2.87. The minimum Gasteiger partial charge on any atom is -0.502 e. The van der Waals surface area contributed by atoms with Gasteiger partial charge >= 0.3 is 5.97 Å². The van der Waals surface area contributed by atoms with Gasteiger partial charge in [-0.2, -0.15) is 0 Å². The summed E-state index contributed by atoms with van der Waals surface area (Å²) in [6.45, 7) is -2.38. The molecular formula is C23H32O15. The largest absolute Gasteiger partial charge is 0.502 e. The predicted molar refractivity (Wildman–Crippen MR) is 123 cm³/mol. The molecule has 2 aliphatic rings. The van der Waals surface area contributed by atoms with Crippen molar-refractivity contribution in [3.05, 3.63) is 23.8 Å². The van der Waals surface area contributed by atoms with Crippen molar-refractivity contribution in [1.29, 1.82) is 0 Å². The summed E-state index contributed by atoms with van der Waals surface area (Å²) in [7, 11) is 2.67. The minimum absolute atomic E-state index is 0.101. The summed E-state index contributed by atoms with van der Waals surface area (Å²) in [5.41, 5.74) is 0.419. The van der Waals surface area contributed by atoms with Gasteiger partial charge in [-0.05, 0) is 23.8 Å². The molecule has 1 aromatic carbocycles. The minimum atomic E-state index is -2.34. The third-order valence-electron chi connectivity index (χ3n) is 6.19. The lowest BCUT2D eigenvalue weighted by atomic mass is 9.99. The first-order valence-corrected chi connectivity index (χ1v) is 11.4. The summed E-state index contributed by atoms with van der Waals surface area (Å²) in [5, 5.41) is 80.2. The molecule has 0 amide bonds. The molecule has 15 nitrogen and oxygen atoms in total. The van der Waals surface area contributed by atoms with Gasteiger partial charge in [0.2, 0.25) is 11.5 Å². The first-order chi connectivity index (χ1) is 18.0. The van der Waals surface area contributed by atoms with Crippen LogP contribution in [0.4, 0.5) is 0 Å². The fourth-order valence-corrected chi connectivity index (χ4v) is 4.00. The van der Waals surface area contributed by atoms with Gasteiger partial charge in [0.05, 0.1) is 20.8 Å². The number of phenolic OH excluding ortho intramolecular Hbond substituents is 1. The molecule has 2 aliphatic heterocycles. The van der Waals surface area contributed by atoms with E-state index in [0.29, 0.717) is 5.56 Å². The Hall–Kier alpha value is -2.57. The molecule has 0 aliphatic carbocycles. The molecule has 38 heavy (non-hydrogen) atoms. The van der Waals surface area contributed by atoms with Crippen LogP contribution in [0.5, 0.6) is 17.2 Å². The molecule has 0 bridgehead atoms. The quantitative estimate of drug-likeness (QED) is 0.105. The highest BCUT2D eigenvalue weighted by atomic mass is 16.8. The number of hydrogen-bond acceptors (Lipinski definition) is 15. The van der Waals surface area contributed by atoms with Gasteiger partial charge in [0, 0.05) is 6.08 Å². The number of phenols is 1. The maximum atomic E-state index is 12.3. The van der Waals surface area contributed by atoms with E-state index < -0.39 is 80.6 Å². The highest BCUT2D eigenvalue weighted by Crippen LogP contribution is 2.38. The van der Waals surface area contributed by atoms with E-state index in [1.165, 1.54) is 32.4 Å². The van der Waals surface area contributed by atoms with E-state index in [2.05, 4.69) is 0 Å². The molecule has 9 atom stereocenters. The van der Waals surface area contributed by atoms with Crippen LogP contribution in [0.2, 0.25) is 0 Å². The number of carbonyl (C=O) groups is 1. The number of hydrogen-bond donors (Lipinski definition) is 8. The van der Waals surface area contributed by atoms with Gasteiger partial charge in [-0.1, -0.05) is 0 Å². The van der Waals surface area contributed by atoms with Gasteiger partial charge in [-0.25, -0.2) is 4.79 Å². The number of aromatic hydroxyl groups is 1. The van der Waals surface area contributed by atoms with Crippen LogP contribution in [-0.4, -0.2) is 136 Å². The molecule has 8 N–H and O–H groups in total. The second-order valence-corrected chi connectivity index (χ2v) is 8.61. The summed E-state index contributed by atoms with van der Waals surface area (Å²) >= 11 is 0. The van der Waals surface area contributed by atoms with Crippen molar-refractivity contribution in [3.8, 4) is 17.2 Å². The third kappa shape index (κ3) is 6.02. The average Bonchev–Trinajstić information content (AvgIpc) is 3.16. The lowest BCUT2D eigenvalue weighted by Gasteiger charge is -2.43. The monoisotopic (exact) mass is 548 g/mol. The van der Waals surface area contributed by atoms with Crippen LogP contribution in [0.25, 0.3) is 6.08 Å². The Morgan fingerprint density at radius 3 is 2.13 bits per heavy atom. The van der Waals surface area contributed by atoms with E-state index >= 15 is 0 Å². The summed E-state index contributed by atoms with van der Waals surface area (Å²) in [4.78, 5) is 12.3. The standard InChI is InChI=1S/C23H32O15/c1-33-11-5-10(6-12(34-2)16(11)27)3-4-15(26)35-8-14-17(28)19(30)20(31)22(36-14)38-23(9-25)21(32)18(29)13(7-24)37-23/h3-6,13-14,17-22,24-25,27-32H,7-9H2,1-2H3/b4-3+/t13?,14?,17?,18?,19?,20?,21?,22?,23-/m0/s1. The first-order valence-electron chi connectivity index (χ1n) is 11.4. The van der Waals surface area contributed by atoms with Gasteiger partial charge in [-0.15, -0.1) is 0 Å². The number of aliphatic hydroxyl groups excluding tert-OH is 7. The van der Waals surface area contributed by atoms with Crippen molar-refractivity contribution in [1.82, 2.24) is 0 Å². The average molecular weight is 548 g/mol. The third-order valence-corrected chi connectivity index (χ3v) is 6.19. The Balaban J connectivity index is 1.66. The summed E-state index contributed by atoms with van der Waals surface area (Å²) in [5.74, 6) is -3.25. The molecular weight excluding hydrogens is 516 g/mol. The smallest absolute Gasteiger partial charge is 0.330 e. The Kier molecular flexibility index (Phi) is 9.88. The Labute approximate surface area is 216 Å². The van der Waals surface area contributed by atoms with Crippen LogP contribution in [0, 0.1) is 0 Å². The molecule has 15 heteroatoms. The number of aliphatic hydroxyl groups is 7. The summed E-state index contributed by atoms with van der Waals surface area (Å²) < 4.78 is 31.2. The first kappa shape index (κ1) is 30.0. The van der Waals surface area contributed by atoms with Crippen LogP contribution in [0.3, 0.4) is 0 Å². The van der Waals surface area contributed by atoms with Gasteiger partial charge in [0.25, 0.3) is 0 Å². The van der Waals surface area contributed by atoms with Crippen molar-refractivity contribution in [3.63, 3.8) is 0 Å². The fourth-order valence-electron chi connectivity index (χ4n) is 4.00. The normalized spacial score (nSPS) is 35.4. The van der Waals surface area contributed by atoms with Gasteiger partial charge in [0.1, 0.15) is 55.9 Å². The molecule has 0 aromatic heterocycles. The van der Waals surface area contributed by atoms with Crippen molar-refractivity contribution < 1.29 is 74.1 Å². The molecule has 2 saturated heterocycles. The maximum Gasteiger partial charge on any atom is 0.330 e. The van der Waals surface area contributed by atoms with Crippen LogP contribution in [0.15, 0.2) is 18.2 Å². The van der Waals surface area contributed by atoms with Crippen LogP contribution >= 0.6 is 0 Å². The fraction of sp³-hybridized carbons (Fsp3) is 0.609. The van der Waals surface area contributed by atoms with E-state index in [4.69, 9.17) is 28.4 Å². The zero-order chi connectivity index (χ0) is 28.2. The zero-order valence-corrected chi connectivity index (χ0v) is 20.5. The van der Waals surface area contributed by atoms with E-state index in [9.17, 15) is 45.6 Å². The predicted octanol–water partition coefficient (Wildman–Crippen LogP) is -3.41. The number of carbonyl (C=O) groups excluding carboxylic acids is 1. The Morgan fingerprint density at radius 2 is 1.61 bits per heavy atom. The topological polar surface area (TPSA) is 234 Å². The van der Waals surface area contributed by atoms with Crippen LogP contribution < -0.4 is 9.47 Å². The van der Waals surface area contributed by atoms with Crippen LogP contribution in [-0.2, 0) is 23.7 Å². The highest BCUT2D eigenvalue weighted by molar-refractivity contribution is 5.87. The molecule has 0 radical (unpaired) electrons.